The minimum atomic E-state index is -0.364. The fourth-order valence-corrected chi connectivity index (χ4v) is 3.15. The lowest BCUT2D eigenvalue weighted by Crippen LogP contribution is -2.32. The molecule has 162 valence electrons. The molecule has 2 aromatic rings. The average Bonchev–Trinajstić information content (AvgIpc) is 3.29. The number of carbonyl (C=O) groups excluding carboxylic acids is 1. The van der Waals surface area contributed by atoms with Crippen molar-refractivity contribution in [3.8, 4) is 22.9 Å². The molecule has 1 atom stereocenters. The molecule has 9 heteroatoms. The molecule has 0 bridgehead atoms. The van der Waals surface area contributed by atoms with Crippen LogP contribution in [0.25, 0.3) is 11.4 Å². The second-order valence-corrected chi connectivity index (χ2v) is 7.10. The maximum atomic E-state index is 12.4. The number of aromatic nitrogens is 3. The van der Waals surface area contributed by atoms with Gasteiger partial charge in [-0.15, -0.1) is 10.2 Å². The molecule has 1 saturated heterocycles. The van der Waals surface area contributed by atoms with Gasteiger partial charge >= 0.3 is 0 Å². The van der Waals surface area contributed by atoms with Crippen molar-refractivity contribution in [2.75, 3.05) is 26.9 Å². The van der Waals surface area contributed by atoms with Gasteiger partial charge in [0.25, 0.3) is 5.56 Å². The van der Waals surface area contributed by atoms with Gasteiger partial charge in [-0.05, 0) is 37.5 Å². The number of ether oxygens (including phenoxy) is 3. The van der Waals surface area contributed by atoms with Crippen LogP contribution in [-0.4, -0.2) is 54.1 Å². The van der Waals surface area contributed by atoms with Crippen LogP contribution in [0.1, 0.15) is 38.3 Å². The number of carbonyl (C=O) groups is 1. The number of nitrogens with one attached hydrogen (secondary N) is 2. The lowest BCUT2D eigenvalue weighted by atomic mass is 10.2. The Balaban J connectivity index is 1.60. The lowest BCUT2D eigenvalue weighted by Gasteiger charge is -2.11. The summed E-state index contributed by atoms with van der Waals surface area (Å²) < 4.78 is 16.5. The third-order valence-electron chi connectivity index (χ3n) is 4.80. The molecule has 0 saturated carbocycles. The number of methoxy groups -OCH3 is 1. The molecule has 1 aromatic heterocycles. The molecule has 0 aliphatic carbocycles. The van der Waals surface area contributed by atoms with Crippen LogP contribution in [0.5, 0.6) is 11.5 Å². The Morgan fingerprint density at radius 2 is 2.20 bits per heavy atom. The lowest BCUT2D eigenvalue weighted by molar-refractivity contribution is -0.121. The minimum absolute atomic E-state index is 0.0900. The predicted molar refractivity (Wildman–Crippen MR) is 111 cm³/mol. The molecule has 30 heavy (non-hydrogen) atoms. The van der Waals surface area contributed by atoms with Gasteiger partial charge in [0.2, 0.25) is 5.91 Å². The number of H-pyrrole nitrogens is 1. The van der Waals surface area contributed by atoms with E-state index >= 15 is 0 Å². The number of aromatic amines is 1. The number of hydrogen-bond donors (Lipinski definition) is 2. The Morgan fingerprint density at radius 3 is 2.90 bits per heavy atom. The van der Waals surface area contributed by atoms with Crippen molar-refractivity contribution in [2.24, 2.45) is 0 Å². The number of hydrogen-bond acceptors (Lipinski definition) is 7. The largest absolute Gasteiger partial charge is 0.493 e. The Kier molecular flexibility index (Phi) is 7.78. The normalized spacial score (nSPS) is 15.7. The Morgan fingerprint density at radius 1 is 1.33 bits per heavy atom. The second kappa shape index (κ2) is 10.7. The van der Waals surface area contributed by atoms with E-state index in [1.54, 1.807) is 25.3 Å². The molecule has 1 aliphatic heterocycles. The van der Waals surface area contributed by atoms with Gasteiger partial charge in [-0.3, -0.25) is 9.59 Å². The minimum Gasteiger partial charge on any atom is -0.493 e. The van der Waals surface area contributed by atoms with Crippen molar-refractivity contribution < 1.29 is 19.0 Å². The van der Waals surface area contributed by atoms with Crippen molar-refractivity contribution in [1.29, 1.82) is 0 Å². The van der Waals surface area contributed by atoms with Crippen molar-refractivity contribution in [2.45, 2.75) is 45.1 Å². The van der Waals surface area contributed by atoms with Gasteiger partial charge in [-0.25, -0.2) is 0 Å². The van der Waals surface area contributed by atoms with Crippen LogP contribution in [0.15, 0.2) is 23.0 Å². The molecular weight excluding hydrogens is 388 g/mol. The van der Waals surface area contributed by atoms with Gasteiger partial charge in [0, 0.05) is 31.6 Å². The van der Waals surface area contributed by atoms with E-state index in [1.807, 2.05) is 6.92 Å². The van der Waals surface area contributed by atoms with Crippen LogP contribution in [-0.2, 0) is 16.0 Å². The molecule has 2 N–H and O–H groups in total. The van der Waals surface area contributed by atoms with Crippen LogP contribution in [0.2, 0.25) is 0 Å². The number of nitrogens with zero attached hydrogens (tertiary/aromatic N) is 2. The van der Waals surface area contributed by atoms with E-state index in [-0.39, 0.29) is 36.1 Å². The van der Waals surface area contributed by atoms with Crippen molar-refractivity contribution in [3.63, 3.8) is 0 Å². The maximum Gasteiger partial charge on any atom is 0.273 e. The molecule has 3 rings (SSSR count). The highest BCUT2D eigenvalue weighted by Gasteiger charge is 2.17. The molecule has 2 heterocycles. The third kappa shape index (κ3) is 5.79. The molecule has 1 amide bonds. The monoisotopic (exact) mass is 416 g/mol. The third-order valence-corrected chi connectivity index (χ3v) is 4.80. The van der Waals surface area contributed by atoms with Gasteiger partial charge in [-0.2, -0.15) is 0 Å². The quantitative estimate of drug-likeness (QED) is 0.607. The molecule has 0 spiro atoms. The Bertz CT molecular complexity index is 909. The zero-order valence-corrected chi connectivity index (χ0v) is 17.4. The molecule has 1 aliphatic rings. The van der Waals surface area contributed by atoms with E-state index in [9.17, 15) is 9.59 Å². The summed E-state index contributed by atoms with van der Waals surface area (Å²) in [6.45, 7) is 3.86. The highest BCUT2D eigenvalue weighted by molar-refractivity contribution is 5.76. The first-order chi connectivity index (χ1) is 14.6. The van der Waals surface area contributed by atoms with E-state index in [1.165, 1.54) is 0 Å². The second-order valence-electron chi connectivity index (χ2n) is 7.10. The first kappa shape index (κ1) is 21.8. The topological polar surface area (TPSA) is 115 Å². The van der Waals surface area contributed by atoms with Crippen LogP contribution in [0, 0.1) is 0 Å². The first-order valence-electron chi connectivity index (χ1n) is 10.3. The van der Waals surface area contributed by atoms with Crippen LogP contribution >= 0.6 is 0 Å². The van der Waals surface area contributed by atoms with E-state index < -0.39 is 0 Å². The standard InChI is InChI=1S/C21H28N4O5/c1-3-10-30-17-8-6-14(12-18(17)28-2)20-23-21(27)16(24-25-20)7-9-19(26)22-13-15-5-4-11-29-15/h6,8,12,15H,3-5,7,9-11,13H2,1-2H3,(H,22,26)(H,23,25,27). The van der Waals surface area contributed by atoms with Gasteiger partial charge < -0.3 is 24.5 Å². The predicted octanol–water partition coefficient (Wildman–Crippen LogP) is 1.86. The van der Waals surface area contributed by atoms with Crippen molar-refractivity contribution in [3.05, 3.63) is 34.2 Å². The number of amides is 1. The average molecular weight is 416 g/mol. The Labute approximate surface area is 175 Å². The zero-order chi connectivity index (χ0) is 21.3. The zero-order valence-electron chi connectivity index (χ0n) is 17.4. The van der Waals surface area contributed by atoms with Gasteiger partial charge in [0.1, 0.15) is 5.69 Å². The van der Waals surface area contributed by atoms with Crippen LogP contribution in [0.4, 0.5) is 0 Å². The summed E-state index contributed by atoms with van der Waals surface area (Å²) in [4.78, 5) is 27.1. The van der Waals surface area contributed by atoms with Gasteiger partial charge in [-0.1, -0.05) is 6.92 Å². The van der Waals surface area contributed by atoms with Gasteiger partial charge in [0.05, 0.1) is 19.8 Å². The van der Waals surface area contributed by atoms with E-state index in [0.29, 0.717) is 36.0 Å². The van der Waals surface area contributed by atoms with Gasteiger partial charge in [0.15, 0.2) is 17.3 Å². The van der Waals surface area contributed by atoms with E-state index in [0.717, 1.165) is 25.9 Å². The van der Waals surface area contributed by atoms with Crippen LogP contribution < -0.4 is 20.3 Å². The molecule has 0 radical (unpaired) electrons. The fourth-order valence-electron chi connectivity index (χ4n) is 3.15. The highest BCUT2D eigenvalue weighted by Crippen LogP contribution is 2.31. The smallest absolute Gasteiger partial charge is 0.273 e. The van der Waals surface area contributed by atoms with E-state index in [2.05, 4.69) is 20.5 Å². The summed E-state index contributed by atoms with van der Waals surface area (Å²) in [5.41, 5.74) is 0.513. The van der Waals surface area contributed by atoms with Crippen LogP contribution in [0.3, 0.4) is 0 Å². The summed E-state index contributed by atoms with van der Waals surface area (Å²) >= 11 is 0. The molecular formula is C21H28N4O5. The summed E-state index contributed by atoms with van der Waals surface area (Å²) in [7, 11) is 1.55. The number of aryl methyl sites for hydroxylation is 1. The summed E-state index contributed by atoms with van der Waals surface area (Å²) in [6, 6.07) is 5.30. The summed E-state index contributed by atoms with van der Waals surface area (Å²) in [5.74, 6) is 1.37. The number of rotatable bonds is 10. The molecule has 9 nitrogen and oxygen atoms in total. The van der Waals surface area contributed by atoms with Crippen molar-refractivity contribution >= 4 is 5.91 Å². The maximum absolute atomic E-state index is 12.4. The molecule has 1 unspecified atom stereocenters. The van der Waals surface area contributed by atoms with E-state index in [4.69, 9.17) is 14.2 Å². The first-order valence-corrected chi connectivity index (χ1v) is 10.3. The number of benzene rings is 1. The highest BCUT2D eigenvalue weighted by atomic mass is 16.5. The molecule has 1 fully saturated rings. The molecule has 1 aromatic carbocycles. The summed E-state index contributed by atoms with van der Waals surface area (Å²) in [5, 5.41) is 11.0. The fraction of sp³-hybridized carbons (Fsp3) is 0.524. The Hall–Kier alpha value is -2.94. The SMILES string of the molecule is CCCOc1ccc(-c2nnc(CCC(=O)NCC3CCCO3)c(=O)[nH]2)cc1OC. The summed E-state index contributed by atoms with van der Waals surface area (Å²) in [6.07, 6.45) is 3.35. The van der Waals surface area contributed by atoms with Crippen molar-refractivity contribution in [1.82, 2.24) is 20.5 Å².